The zero-order valence-corrected chi connectivity index (χ0v) is 8.59. The van der Waals surface area contributed by atoms with E-state index in [9.17, 15) is 0 Å². The summed E-state index contributed by atoms with van der Waals surface area (Å²) in [6, 6.07) is 0. The van der Waals surface area contributed by atoms with Crippen molar-refractivity contribution in [3.05, 3.63) is 0 Å². The second-order valence-electron chi connectivity index (χ2n) is 4.63. The van der Waals surface area contributed by atoms with E-state index in [1.807, 2.05) is 0 Å². The normalized spacial score (nSPS) is 41.8. The van der Waals surface area contributed by atoms with Crippen LogP contribution in [0.5, 0.6) is 0 Å². The monoisotopic (exact) mass is 183 g/mol. The molecule has 0 spiro atoms. The van der Waals surface area contributed by atoms with Gasteiger partial charge in [-0.1, -0.05) is 19.8 Å². The Morgan fingerprint density at radius 2 is 1.92 bits per heavy atom. The molecule has 0 radical (unpaired) electrons. The molecule has 1 atom stereocenters. The van der Waals surface area contributed by atoms with Crippen LogP contribution in [0.1, 0.15) is 32.6 Å². The van der Waals surface area contributed by atoms with E-state index in [4.69, 9.17) is 4.74 Å². The first-order valence-electron chi connectivity index (χ1n) is 5.68. The van der Waals surface area contributed by atoms with Gasteiger partial charge in [0.15, 0.2) is 0 Å². The van der Waals surface area contributed by atoms with Crippen LogP contribution in [0.15, 0.2) is 0 Å². The molecule has 1 aliphatic heterocycles. The van der Waals surface area contributed by atoms with E-state index in [1.54, 1.807) is 0 Å². The van der Waals surface area contributed by atoms with Gasteiger partial charge in [0, 0.05) is 13.1 Å². The fraction of sp³-hybridized carbons (Fsp3) is 1.00. The average molecular weight is 183 g/mol. The minimum absolute atomic E-state index is 0.515. The maximum Gasteiger partial charge on any atom is 0.0728 e. The van der Waals surface area contributed by atoms with Gasteiger partial charge in [0.05, 0.1) is 12.7 Å². The van der Waals surface area contributed by atoms with Gasteiger partial charge < -0.3 is 10.1 Å². The molecule has 0 bridgehead atoms. The lowest BCUT2D eigenvalue weighted by Crippen LogP contribution is -2.43. The van der Waals surface area contributed by atoms with Crippen molar-refractivity contribution >= 4 is 0 Å². The summed E-state index contributed by atoms with van der Waals surface area (Å²) in [6.07, 6.45) is 6.09. The molecule has 1 saturated carbocycles. The van der Waals surface area contributed by atoms with E-state index < -0.39 is 0 Å². The summed E-state index contributed by atoms with van der Waals surface area (Å²) < 4.78 is 5.79. The Hall–Kier alpha value is -0.0800. The lowest BCUT2D eigenvalue weighted by Gasteiger charge is -2.35. The van der Waals surface area contributed by atoms with Gasteiger partial charge >= 0.3 is 0 Å². The zero-order valence-electron chi connectivity index (χ0n) is 8.59. The first kappa shape index (κ1) is 9.47. The van der Waals surface area contributed by atoms with Crippen LogP contribution in [-0.2, 0) is 4.74 Å². The SMILES string of the molecule is CC1CCC(C2CNCCO2)CC1. The molecule has 2 fully saturated rings. The van der Waals surface area contributed by atoms with E-state index in [0.29, 0.717) is 6.10 Å². The van der Waals surface area contributed by atoms with E-state index in [-0.39, 0.29) is 0 Å². The first-order valence-corrected chi connectivity index (χ1v) is 5.68. The van der Waals surface area contributed by atoms with Crippen molar-refractivity contribution in [2.24, 2.45) is 11.8 Å². The molecular weight excluding hydrogens is 162 g/mol. The van der Waals surface area contributed by atoms with E-state index in [2.05, 4.69) is 12.2 Å². The average Bonchev–Trinajstić information content (AvgIpc) is 2.20. The van der Waals surface area contributed by atoms with Crippen LogP contribution in [0, 0.1) is 11.8 Å². The van der Waals surface area contributed by atoms with Crippen LogP contribution in [0.2, 0.25) is 0 Å². The molecule has 0 amide bonds. The highest BCUT2D eigenvalue weighted by atomic mass is 16.5. The number of hydrogen-bond acceptors (Lipinski definition) is 2. The summed E-state index contributed by atoms with van der Waals surface area (Å²) in [6.45, 7) is 5.41. The largest absolute Gasteiger partial charge is 0.375 e. The third-order valence-corrected chi connectivity index (χ3v) is 3.54. The smallest absolute Gasteiger partial charge is 0.0728 e. The minimum Gasteiger partial charge on any atom is -0.375 e. The Kier molecular flexibility index (Phi) is 3.23. The lowest BCUT2D eigenvalue weighted by atomic mass is 9.80. The molecule has 0 aromatic heterocycles. The molecule has 2 nitrogen and oxygen atoms in total. The molecule has 1 heterocycles. The number of rotatable bonds is 1. The number of ether oxygens (including phenoxy) is 1. The van der Waals surface area contributed by atoms with E-state index >= 15 is 0 Å². The Balaban J connectivity index is 1.79. The Bertz CT molecular complexity index is 146. The lowest BCUT2D eigenvalue weighted by molar-refractivity contribution is -0.0224. The fourth-order valence-electron chi connectivity index (χ4n) is 2.55. The molecule has 2 rings (SSSR count). The highest BCUT2D eigenvalue weighted by Crippen LogP contribution is 2.31. The number of hydrogen-bond donors (Lipinski definition) is 1. The summed E-state index contributed by atoms with van der Waals surface area (Å²) in [5.74, 6) is 1.79. The fourth-order valence-corrected chi connectivity index (χ4v) is 2.55. The van der Waals surface area contributed by atoms with Crippen LogP contribution in [0.25, 0.3) is 0 Å². The summed E-state index contributed by atoms with van der Waals surface area (Å²) in [4.78, 5) is 0. The van der Waals surface area contributed by atoms with Crippen LogP contribution in [0.4, 0.5) is 0 Å². The van der Waals surface area contributed by atoms with Gasteiger partial charge in [-0.2, -0.15) is 0 Å². The molecule has 1 unspecified atom stereocenters. The zero-order chi connectivity index (χ0) is 9.10. The van der Waals surface area contributed by atoms with Gasteiger partial charge in [0.2, 0.25) is 0 Å². The predicted molar refractivity (Wildman–Crippen MR) is 53.7 cm³/mol. The molecule has 13 heavy (non-hydrogen) atoms. The van der Waals surface area contributed by atoms with Crippen LogP contribution >= 0.6 is 0 Å². The van der Waals surface area contributed by atoms with E-state index in [0.717, 1.165) is 31.5 Å². The molecule has 0 aromatic carbocycles. The highest BCUT2D eigenvalue weighted by Gasteiger charge is 2.27. The van der Waals surface area contributed by atoms with Gasteiger partial charge in [-0.15, -0.1) is 0 Å². The second kappa shape index (κ2) is 4.43. The molecule has 2 aliphatic rings. The number of morpholine rings is 1. The topological polar surface area (TPSA) is 21.3 Å². The van der Waals surface area contributed by atoms with Gasteiger partial charge in [0.25, 0.3) is 0 Å². The van der Waals surface area contributed by atoms with Crippen molar-refractivity contribution in [3.63, 3.8) is 0 Å². The molecular formula is C11H21NO. The summed E-state index contributed by atoms with van der Waals surface area (Å²) >= 11 is 0. The predicted octanol–water partition coefficient (Wildman–Crippen LogP) is 1.80. The summed E-state index contributed by atoms with van der Waals surface area (Å²) in [7, 11) is 0. The van der Waals surface area contributed by atoms with Crippen molar-refractivity contribution in [2.45, 2.75) is 38.7 Å². The van der Waals surface area contributed by atoms with Crippen molar-refractivity contribution in [3.8, 4) is 0 Å². The summed E-state index contributed by atoms with van der Waals surface area (Å²) in [5, 5.41) is 3.42. The van der Waals surface area contributed by atoms with Crippen molar-refractivity contribution in [1.29, 1.82) is 0 Å². The minimum atomic E-state index is 0.515. The third kappa shape index (κ3) is 2.44. The standard InChI is InChI=1S/C11H21NO/c1-9-2-4-10(5-3-9)11-8-12-6-7-13-11/h9-12H,2-8H2,1H3. The molecule has 2 heteroatoms. The van der Waals surface area contributed by atoms with Gasteiger partial charge in [-0.25, -0.2) is 0 Å². The quantitative estimate of drug-likeness (QED) is 0.669. The van der Waals surface area contributed by atoms with Crippen LogP contribution in [0.3, 0.4) is 0 Å². The Morgan fingerprint density at radius 1 is 1.15 bits per heavy atom. The molecule has 0 aromatic rings. The highest BCUT2D eigenvalue weighted by molar-refractivity contribution is 4.80. The van der Waals surface area contributed by atoms with Crippen molar-refractivity contribution in [1.82, 2.24) is 5.32 Å². The second-order valence-corrected chi connectivity index (χ2v) is 4.63. The van der Waals surface area contributed by atoms with E-state index in [1.165, 1.54) is 25.7 Å². The molecule has 76 valence electrons. The van der Waals surface area contributed by atoms with Crippen LogP contribution in [-0.4, -0.2) is 25.8 Å². The third-order valence-electron chi connectivity index (χ3n) is 3.54. The Morgan fingerprint density at radius 3 is 2.54 bits per heavy atom. The van der Waals surface area contributed by atoms with Gasteiger partial charge in [-0.3, -0.25) is 0 Å². The maximum absolute atomic E-state index is 5.79. The van der Waals surface area contributed by atoms with Crippen LogP contribution < -0.4 is 5.32 Å². The molecule has 1 N–H and O–H groups in total. The van der Waals surface area contributed by atoms with Gasteiger partial charge in [0.1, 0.15) is 0 Å². The van der Waals surface area contributed by atoms with Crippen molar-refractivity contribution in [2.75, 3.05) is 19.7 Å². The Labute approximate surface area is 81.0 Å². The van der Waals surface area contributed by atoms with Crippen molar-refractivity contribution < 1.29 is 4.74 Å². The number of nitrogens with one attached hydrogen (secondary N) is 1. The first-order chi connectivity index (χ1) is 6.36. The summed E-state index contributed by atoms with van der Waals surface area (Å²) in [5.41, 5.74) is 0. The molecule has 1 saturated heterocycles. The maximum atomic E-state index is 5.79. The molecule has 1 aliphatic carbocycles. The van der Waals surface area contributed by atoms with Gasteiger partial charge in [-0.05, 0) is 24.7 Å².